The summed E-state index contributed by atoms with van der Waals surface area (Å²) in [6.45, 7) is -0.838. The van der Waals surface area contributed by atoms with Gasteiger partial charge in [0.15, 0.2) is 11.8 Å². The molecule has 1 unspecified atom stereocenters. The minimum atomic E-state index is -1.92. The molecule has 0 aliphatic heterocycles. The molecular weight excluding hydrogens is 479 g/mol. The van der Waals surface area contributed by atoms with E-state index in [1.165, 1.54) is 25.2 Å². The zero-order valence-corrected chi connectivity index (χ0v) is 18.7. The summed E-state index contributed by atoms with van der Waals surface area (Å²) in [7, 11) is 1.35. The Hall–Kier alpha value is -2.28. The van der Waals surface area contributed by atoms with Crippen molar-refractivity contribution in [3.05, 3.63) is 52.0 Å². The number of likely N-dealkylation sites (N-methyl/N-ethyl adjacent to an activating group) is 1. The summed E-state index contributed by atoms with van der Waals surface area (Å²) in [4.78, 5) is 17.0. The molecule has 33 heavy (non-hydrogen) atoms. The Labute approximate surface area is 198 Å². The van der Waals surface area contributed by atoms with Gasteiger partial charge in [0.05, 0.1) is 12.2 Å². The van der Waals surface area contributed by atoms with Crippen molar-refractivity contribution in [2.45, 2.75) is 30.6 Å². The third kappa shape index (κ3) is 5.81. The van der Waals surface area contributed by atoms with Crippen molar-refractivity contribution in [3.63, 3.8) is 0 Å². The van der Waals surface area contributed by atoms with Gasteiger partial charge in [0.1, 0.15) is 29.9 Å². The van der Waals surface area contributed by atoms with Crippen LogP contribution < -0.4 is 5.32 Å². The van der Waals surface area contributed by atoms with E-state index in [4.69, 9.17) is 37.5 Å². The van der Waals surface area contributed by atoms with E-state index in [0.29, 0.717) is 21.1 Å². The summed E-state index contributed by atoms with van der Waals surface area (Å²) in [5.74, 6) is -0.633. The number of aromatic nitrogens is 1. The van der Waals surface area contributed by atoms with Gasteiger partial charge in [-0.2, -0.15) is 0 Å². The highest BCUT2D eigenvalue weighted by Crippen LogP contribution is 2.29. The third-order valence-electron chi connectivity index (χ3n) is 4.84. The minimum absolute atomic E-state index is 0.0622. The Morgan fingerprint density at radius 2 is 1.73 bits per heavy atom. The van der Waals surface area contributed by atoms with Gasteiger partial charge in [-0.25, -0.2) is 9.78 Å². The van der Waals surface area contributed by atoms with Crippen molar-refractivity contribution >= 4 is 40.3 Å². The van der Waals surface area contributed by atoms with E-state index >= 15 is 0 Å². The van der Waals surface area contributed by atoms with Crippen LogP contribution in [0.2, 0.25) is 10.0 Å². The van der Waals surface area contributed by atoms with Gasteiger partial charge < -0.3 is 34.7 Å². The fourth-order valence-electron chi connectivity index (χ4n) is 3.05. The molecule has 3 rings (SSSR count). The van der Waals surface area contributed by atoms with Crippen LogP contribution in [0.4, 0.5) is 0 Å². The monoisotopic (exact) mass is 500 g/mol. The molecule has 1 aromatic heterocycles. The van der Waals surface area contributed by atoms with Crippen molar-refractivity contribution < 1.29 is 39.5 Å². The van der Waals surface area contributed by atoms with Crippen LogP contribution in [-0.2, 0) is 4.74 Å². The standard InChI is InChI=1S/C21H22Cl2N2O8/c1-24-20(18(30)17(29)16(28)14(27)8-26)33-21(31)9-2-3-13-15(6-9)32-19(25-13)10-4-11(22)7-12(23)5-10/h2-7,14,16-18,20,24,26-30H,8H2,1H3/t14-,16-,17+,18-,20?/m1/s1. The first-order chi connectivity index (χ1) is 15.6. The van der Waals surface area contributed by atoms with E-state index in [2.05, 4.69) is 10.3 Å². The highest BCUT2D eigenvalue weighted by atomic mass is 35.5. The van der Waals surface area contributed by atoms with Gasteiger partial charge in [0.25, 0.3) is 0 Å². The number of fused-ring (bicyclic) bond motifs is 1. The van der Waals surface area contributed by atoms with E-state index in [1.807, 2.05) is 0 Å². The van der Waals surface area contributed by atoms with Crippen LogP contribution in [0.5, 0.6) is 0 Å². The van der Waals surface area contributed by atoms with Gasteiger partial charge in [-0.05, 0) is 43.4 Å². The molecular formula is C21H22Cl2N2O8. The molecule has 0 radical (unpaired) electrons. The quantitative estimate of drug-likeness (QED) is 0.184. The molecule has 5 atom stereocenters. The number of carbonyl (C=O) groups excluding carboxylic acids is 1. The molecule has 10 nitrogen and oxygen atoms in total. The highest BCUT2D eigenvalue weighted by molar-refractivity contribution is 6.35. The number of oxazole rings is 1. The molecule has 1 heterocycles. The summed E-state index contributed by atoms with van der Waals surface area (Å²) >= 11 is 12.0. The number of aliphatic hydroxyl groups excluding tert-OH is 5. The average Bonchev–Trinajstić information content (AvgIpc) is 3.23. The van der Waals surface area contributed by atoms with Crippen molar-refractivity contribution in [2.24, 2.45) is 0 Å². The fourth-order valence-corrected chi connectivity index (χ4v) is 3.58. The summed E-state index contributed by atoms with van der Waals surface area (Å²) < 4.78 is 10.9. The normalized spacial score (nSPS) is 16.2. The highest BCUT2D eigenvalue weighted by Gasteiger charge is 2.36. The van der Waals surface area contributed by atoms with Crippen molar-refractivity contribution in [1.82, 2.24) is 10.3 Å². The number of nitrogens with zero attached hydrogens (tertiary/aromatic N) is 1. The maximum atomic E-state index is 12.6. The Bertz CT molecular complexity index is 1100. The van der Waals surface area contributed by atoms with Crippen LogP contribution in [0.25, 0.3) is 22.6 Å². The molecule has 2 aromatic carbocycles. The van der Waals surface area contributed by atoms with Gasteiger partial charge in [-0.15, -0.1) is 0 Å². The molecule has 0 fully saturated rings. The molecule has 0 bridgehead atoms. The Morgan fingerprint density at radius 3 is 2.33 bits per heavy atom. The number of nitrogens with one attached hydrogen (secondary N) is 1. The second-order valence-corrected chi connectivity index (χ2v) is 8.07. The minimum Gasteiger partial charge on any atom is -0.440 e. The molecule has 3 aromatic rings. The van der Waals surface area contributed by atoms with Crippen LogP contribution >= 0.6 is 23.2 Å². The topological polar surface area (TPSA) is 166 Å². The Morgan fingerprint density at radius 1 is 1.06 bits per heavy atom. The van der Waals surface area contributed by atoms with Gasteiger partial charge in [-0.3, -0.25) is 5.32 Å². The first kappa shape index (κ1) is 25.3. The molecule has 0 saturated carbocycles. The lowest BCUT2D eigenvalue weighted by molar-refractivity contribution is -0.145. The van der Waals surface area contributed by atoms with E-state index in [0.717, 1.165) is 0 Å². The number of rotatable bonds is 9. The molecule has 12 heteroatoms. The summed E-state index contributed by atoms with van der Waals surface area (Å²) in [6, 6.07) is 9.17. The average molecular weight is 501 g/mol. The second-order valence-electron chi connectivity index (χ2n) is 7.20. The molecule has 6 N–H and O–H groups in total. The molecule has 0 aliphatic carbocycles. The number of benzene rings is 2. The molecule has 0 saturated heterocycles. The van der Waals surface area contributed by atoms with Crippen LogP contribution in [-0.4, -0.2) is 80.8 Å². The smallest absolute Gasteiger partial charge is 0.339 e. The zero-order chi connectivity index (χ0) is 24.3. The predicted octanol–water partition coefficient (Wildman–Crippen LogP) is 0.940. The van der Waals surface area contributed by atoms with E-state index in [9.17, 15) is 25.2 Å². The van der Waals surface area contributed by atoms with E-state index in [1.54, 1.807) is 18.2 Å². The van der Waals surface area contributed by atoms with Crippen molar-refractivity contribution in [2.75, 3.05) is 13.7 Å². The molecule has 0 spiro atoms. The number of carbonyl (C=O) groups is 1. The van der Waals surface area contributed by atoms with E-state index < -0.39 is 43.2 Å². The fraction of sp³-hybridized carbons (Fsp3) is 0.333. The van der Waals surface area contributed by atoms with Crippen molar-refractivity contribution in [3.8, 4) is 11.5 Å². The Balaban J connectivity index is 1.78. The van der Waals surface area contributed by atoms with Gasteiger partial charge in [0.2, 0.25) is 5.89 Å². The van der Waals surface area contributed by atoms with Crippen molar-refractivity contribution in [1.29, 1.82) is 0 Å². The SMILES string of the molecule is CNC(OC(=O)c1ccc2nc(-c3cc(Cl)cc(Cl)c3)oc2c1)[C@H](O)[C@@H](O)[C@H](O)[C@H](O)CO. The van der Waals surface area contributed by atoms with Crippen LogP contribution in [0, 0.1) is 0 Å². The lowest BCUT2D eigenvalue weighted by atomic mass is 10.0. The van der Waals surface area contributed by atoms with Crippen LogP contribution in [0.15, 0.2) is 40.8 Å². The van der Waals surface area contributed by atoms with Crippen LogP contribution in [0.1, 0.15) is 10.4 Å². The summed E-state index contributed by atoms with van der Waals surface area (Å²) in [5, 5.41) is 51.7. The number of aliphatic hydroxyl groups is 5. The lowest BCUT2D eigenvalue weighted by Crippen LogP contribution is -2.54. The third-order valence-corrected chi connectivity index (χ3v) is 5.28. The van der Waals surface area contributed by atoms with E-state index in [-0.39, 0.29) is 17.0 Å². The number of esters is 1. The number of hydrogen-bond donors (Lipinski definition) is 6. The predicted molar refractivity (Wildman–Crippen MR) is 119 cm³/mol. The summed E-state index contributed by atoms with van der Waals surface area (Å²) in [6.07, 6.45) is -8.74. The molecule has 0 amide bonds. The maximum Gasteiger partial charge on any atom is 0.339 e. The maximum absolute atomic E-state index is 12.6. The second kappa shape index (κ2) is 10.8. The molecule has 178 valence electrons. The van der Waals surface area contributed by atoms with Gasteiger partial charge in [0, 0.05) is 15.6 Å². The van der Waals surface area contributed by atoms with Gasteiger partial charge >= 0.3 is 5.97 Å². The van der Waals surface area contributed by atoms with Crippen LogP contribution in [0.3, 0.4) is 0 Å². The number of halogens is 2. The number of hydrogen-bond acceptors (Lipinski definition) is 10. The lowest BCUT2D eigenvalue weighted by Gasteiger charge is -2.30. The molecule has 0 aliphatic rings. The zero-order valence-electron chi connectivity index (χ0n) is 17.2. The first-order valence-corrected chi connectivity index (χ1v) is 10.5. The van der Waals surface area contributed by atoms with Gasteiger partial charge in [-0.1, -0.05) is 23.2 Å². The summed E-state index contributed by atoms with van der Waals surface area (Å²) in [5.41, 5.74) is 1.34. The first-order valence-electron chi connectivity index (χ1n) is 9.73. The number of ether oxygens (including phenoxy) is 1. The largest absolute Gasteiger partial charge is 0.440 e. The Kier molecular flexibility index (Phi) is 8.27.